The lowest BCUT2D eigenvalue weighted by Crippen LogP contribution is -2.32. The van der Waals surface area contributed by atoms with Crippen LogP contribution in [0.25, 0.3) is 11.0 Å². The first-order valence-corrected chi connectivity index (χ1v) is 8.44. The molecule has 0 bridgehead atoms. The lowest BCUT2D eigenvalue weighted by molar-refractivity contribution is -0.121. The van der Waals surface area contributed by atoms with Crippen molar-refractivity contribution < 1.29 is 4.79 Å². The van der Waals surface area contributed by atoms with Crippen LogP contribution < -0.4 is 5.32 Å². The van der Waals surface area contributed by atoms with Gasteiger partial charge in [-0.25, -0.2) is 4.68 Å². The highest BCUT2D eigenvalue weighted by Crippen LogP contribution is 2.30. The monoisotopic (exact) mass is 320 g/mol. The lowest BCUT2D eigenvalue weighted by Gasteiger charge is -2.25. The molecule has 1 aromatic heterocycles. The number of amides is 1. The second kappa shape index (κ2) is 6.43. The summed E-state index contributed by atoms with van der Waals surface area (Å²) in [5, 5.41) is 11.2. The number of hydrogen-bond donors (Lipinski definition) is 1. The van der Waals surface area contributed by atoms with Gasteiger partial charge in [0, 0.05) is 12.5 Å². The molecule has 1 atom stereocenters. The van der Waals surface area contributed by atoms with Gasteiger partial charge in [-0.3, -0.25) is 4.79 Å². The molecule has 0 saturated heterocycles. The van der Waals surface area contributed by atoms with Crippen LogP contribution in [0.2, 0.25) is 0 Å². The van der Waals surface area contributed by atoms with Crippen LogP contribution >= 0.6 is 0 Å². The highest BCUT2D eigenvalue weighted by Gasteiger charge is 2.20. The van der Waals surface area contributed by atoms with Crippen molar-refractivity contribution in [2.24, 2.45) is 0 Å². The van der Waals surface area contributed by atoms with E-state index in [2.05, 4.69) is 39.9 Å². The van der Waals surface area contributed by atoms with Gasteiger partial charge in [0.1, 0.15) is 12.1 Å². The normalized spacial score (nSPS) is 16.8. The molecule has 0 aliphatic heterocycles. The van der Waals surface area contributed by atoms with Gasteiger partial charge in [-0.2, -0.15) is 0 Å². The SMILES string of the molecule is O=C(Cn1nnc2ccccc21)NCC1CCCc2ccccc21. The third-order valence-corrected chi connectivity index (χ3v) is 4.75. The van der Waals surface area contributed by atoms with Gasteiger partial charge in [-0.1, -0.05) is 41.6 Å². The maximum atomic E-state index is 12.3. The third-order valence-electron chi connectivity index (χ3n) is 4.75. The predicted molar refractivity (Wildman–Crippen MR) is 92.7 cm³/mol. The van der Waals surface area contributed by atoms with E-state index in [1.807, 2.05) is 24.3 Å². The first kappa shape index (κ1) is 14.9. The largest absolute Gasteiger partial charge is 0.354 e. The van der Waals surface area contributed by atoms with Crippen molar-refractivity contribution in [1.29, 1.82) is 0 Å². The zero-order chi connectivity index (χ0) is 16.4. The highest BCUT2D eigenvalue weighted by molar-refractivity contribution is 5.79. The Labute approximate surface area is 140 Å². The van der Waals surface area contributed by atoms with E-state index < -0.39 is 0 Å². The first-order valence-electron chi connectivity index (χ1n) is 8.44. The smallest absolute Gasteiger partial charge is 0.241 e. The number of aryl methyl sites for hydroxylation is 1. The van der Waals surface area contributed by atoms with Crippen LogP contribution in [0, 0.1) is 0 Å². The summed E-state index contributed by atoms with van der Waals surface area (Å²) in [6.45, 7) is 0.886. The fourth-order valence-electron chi connectivity index (χ4n) is 3.53. The van der Waals surface area contributed by atoms with E-state index in [1.54, 1.807) is 4.68 Å². The molecule has 2 aromatic carbocycles. The van der Waals surface area contributed by atoms with Gasteiger partial charge >= 0.3 is 0 Å². The molecule has 5 nitrogen and oxygen atoms in total. The van der Waals surface area contributed by atoms with E-state index in [4.69, 9.17) is 0 Å². The molecule has 122 valence electrons. The molecule has 1 N–H and O–H groups in total. The molecule has 1 aliphatic rings. The summed E-state index contributed by atoms with van der Waals surface area (Å²) in [6.07, 6.45) is 3.46. The fourth-order valence-corrected chi connectivity index (χ4v) is 3.53. The van der Waals surface area contributed by atoms with Crippen molar-refractivity contribution in [1.82, 2.24) is 20.3 Å². The van der Waals surface area contributed by atoms with Crippen LogP contribution in [0.15, 0.2) is 48.5 Å². The second-order valence-electron chi connectivity index (χ2n) is 6.33. The maximum absolute atomic E-state index is 12.3. The Balaban J connectivity index is 1.41. The summed E-state index contributed by atoms with van der Waals surface area (Å²) in [5.74, 6) is 0.389. The molecular formula is C19H20N4O. The van der Waals surface area contributed by atoms with E-state index in [1.165, 1.54) is 17.5 Å². The number of para-hydroxylation sites is 1. The Bertz CT molecular complexity index is 870. The fraction of sp³-hybridized carbons (Fsp3) is 0.316. The molecule has 24 heavy (non-hydrogen) atoms. The third kappa shape index (κ3) is 2.89. The molecule has 4 rings (SSSR count). The number of hydrogen-bond acceptors (Lipinski definition) is 3. The summed E-state index contributed by atoms with van der Waals surface area (Å²) in [6, 6.07) is 16.2. The van der Waals surface area contributed by atoms with Crippen LogP contribution in [0.3, 0.4) is 0 Å². The van der Waals surface area contributed by atoms with E-state index in [-0.39, 0.29) is 12.5 Å². The van der Waals surface area contributed by atoms with Gasteiger partial charge < -0.3 is 5.32 Å². The average molecular weight is 320 g/mol. The Morgan fingerprint density at radius 3 is 2.96 bits per heavy atom. The van der Waals surface area contributed by atoms with Gasteiger partial charge in [-0.05, 0) is 42.5 Å². The summed E-state index contributed by atoms with van der Waals surface area (Å²) in [5.41, 5.74) is 4.50. The summed E-state index contributed by atoms with van der Waals surface area (Å²) >= 11 is 0. The number of carbonyl (C=O) groups is 1. The minimum atomic E-state index is -0.0197. The molecule has 1 aliphatic carbocycles. The standard InChI is InChI=1S/C19H20N4O/c24-19(13-23-18-11-4-3-10-17(18)21-22-23)20-12-15-8-5-7-14-6-1-2-9-16(14)15/h1-4,6,9-11,15H,5,7-8,12-13H2,(H,20,24). The minimum absolute atomic E-state index is 0.0197. The number of rotatable bonds is 4. The van der Waals surface area contributed by atoms with Crippen molar-refractivity contribution in [3.63, 3.8) is 0 Å². The zero-order valence-corrected chi connectivity index (χ0v) is 13.5. The molecule has 3 aromatic rings. The summed E-state index contributed by atoms with van der Waals surface area (Å²) in [4.78, 5) is 12.3. The summed E-state index contributed by atoms with van der Waals surface area (Å²) in [7, 11) is 0. The molecule has 1 unspecified atom stereocenters. The highest BCUT2D eigenvalue weighted by atomic mass is 16.2. The van der Waals surface area contributed by atoms with E-state index in [0.29, 0.717) is 12.5 Å². The van der Waals surface area contributed by atoms with Crippen molar-refractivity contribution >= 4 is 16.9 Å². The van der Waals surface area contributed by atoms with Crippen LogP contribution in [0.4, 0.5) is 0 Å². The summed E-state index contributed by atoms with van der Waals surface area (Å²) < 4.78 is 1.65. The van der Waals surface area contributed by atoms with Gasteiger partial charge in [0.05, 0.1) is 5.52 Å². The van der Waals surface area contributed by atoms with Crippen LogP contribution in [-0.4, -0.2) is 27.4 Å². The van der Waals surface area contributed by atoms with Crippen molar-refractivity contribution in [3.8, 4) is 0 Å². The van der Waals surface area contributed by atoms with Crippen LogP contribution in [0.5, 0.6) is 0 Å². The molecule has 0 fully saturated rings. The Morgan fingerprint density at radius 1 is 1.17 bits per heavy atom. The lowest BCUT2D eigenvalue weighted by atomic mass is 9.83. The predicted octanol–water partition coefficient (Wildman–Crippen LogP) is 2.67. The molecule has 0 spiro atoms. The van der Waals surface area contributed by atoms with Crippen molar-refractivity contribution in [3.05, 3.63) is 59.7 Å². The number of nitrogens with zero attached hydrogens (tertiary/aromatic N) is 3. The Morgan fingerprint density at radius 2 is 2.00 bits per heavy atom. The van der Waals surface area contributed by atoms with Crippen LogP contribution in [0.1, 0.15) is 29.9 Å². The number of fused-ring (bicyclic) bond motifs is 2. The number of carbonyl (C=O) groups excluding carboxylic acids is 1. The second-order valence-corrected chi connectivity index (χ2v) is 6.33. The average Bonchev–Trinajstić information content (AvgIpc) is 3.03. The number of aromatic nitrogens is 3. The quantitative estimate of drug-likeness (QED) is 0.804. The molecular weight excluding hydrogens is 300 g/mol. The van der Waals surface area contributed by atoms with Gasteiger partial charge in [-0.15, -0.1) is 5.10 Å². The molecule has 0 radical (unpaired) electrons. The van der Waals surface area contributed by atoms with Crippen molar-refractivity contribution in [2.75, 3.05) is 6.54 Å². The molecule has 5 heteroatoms. The Kier molecular flexibility index (Phi) is 3.99. The first-order chi connectivity index (χ1) is 11.8. The van der Waals surface area contributed by atoms with E-state index >= 15 is 0 Å². The number of nitrogens with one attached hydrogen (secondary N) is 1. The van der Waals surface area contributed by atoms with E-state index in [0.717, 1.165) is 23.9 Å². The van der Waals surface area contributed by atoms with Crippen molar-refractivity contribution in [2.45, 2.75) is 31.7 Å². The molecule has 0 saturated carbocycles. The zero-order valence-electron chi connectivity index (χ0n) is 13.5. The van der Waals surface area contributed by atoms with Gasteiger partial charge in [0.25, 0.3) is 0 Å². The molecule has 1 amide bonds. The Hall–Kier alpha value is -2.69. The topological polar surface area (TPSA) is 59.8 Å². The molecule has 1 heterocycles. The van der Waals surface area contributed by atoms with Gasteiger partial charge in [0.2, 0.25) is 5.91 Å². The number of benzene rings is 2. The van der Waals surface area contributed by atoms with E-state index in [9.17, 15) is 4.79 Å². The minimum Gasteiger partial charge on any atom is -0.354 e. The maximum Gasteiger partial charge on any atom is 0.241 e. The van der Waals surface area contributed by atoms with Crippen LogP contribution in [-0.2, 0) is 17.8 Å². The van der Waals surface area contributed by atoms with Gasteiger partial charge in [0.15, 0.2) is 0 Å².